The van der Waals surface area contributed by atoms with Crippen LogP contribution >= 0.6 is 0 Å². The molecule has 0 fully saturated rings. The van der Waals surface area contributed by atoms with Crippen LogP contribution in [0.5, 0.6) is 0 Å². The zero-order valence-corrected chi connectivity index (χ0v) is 9.33. The molecule has 0 bridgehead atoms. The Morgan fingerprint density at radius 2 is 1.80 bits per heavy atom. The van der Waals surface area contributed by atoms with Crippen LogP contribution in [0.1, 0.15) is 28.2 Å². The van der Waals surface area contributed by atoms with Gasteiger partial charge in [-0.15, -0.1) is 6.58 Å². The second kappa shape index (κ2) is 9.20. The predicted octanol–water partition coefficient (Wildman–Crippen LogP) is 4.55. The summed E-state index contributed by atoms with van der Waals surface area (Å²) in [5.74, 6) is 0.504. The van der Waals surface area contributed by atoms with Crippen molar-refractivity contribution in [2.45, 2.75) is 28.2 Å². The van der Waals surface area contributed by atoms with Crippen LogP contribution in [0.3, 0.4) is 0 Å². The molecule has 1 atom stereocenters. The largest absolute Gasteiger partial charge is 0.264 e. The second-order valence-corrected chi connectivity index (χ2v) is 3.21. The molecule has 0 saturated carbocycles. The van der Waals surface area contributed by atoms with Gasteiger partial charge in [0.25, 0.3) is 0 Å². The van der Waals surface area contributed by atoms with Crippen LogP contribution in [-0.2, 0) is 0 Å². The fourth-order valence-corrected chi connectivity index (χ4v) is 0.997. The fourth-order valence-electron chi connectivity index (χ4n) is 0.997. The summed E-state index contributed by atoms with van der Waals surface area (Å²) in [6, 6.07) is 0. The summed E-state index contributed by atoms with van der Waals surface area (Å²) in [4.78, 5) is 3.91. The summed E-state index contributed by atoms with van der Waals surface area (Å²) < 4.78 is 0. The Morgan fingerprint density at radius 3 is 2.27 bits per heavy atom. The number of hydrogen-bond acceptors (Lipinski definition) is 1. The zero-order chi connectivity index (χ0) is 11.0. The molecule has 0 aromatic rings. The molecule has 1 aliphatic rings. The quantitative estimate of drug-likeness (QED) is 0.440. The average molecular weight is 205 g/mol. The monoisotopic (exact) mass is 205 g/mol. The topological polar surface area (TPSA) is 12.4 Å². The Hall–Kier alpha value is -1.37. The van der Waals surface area contributed by atoms with Crippen molar-refractivity contribution < 1.29 is 0 Å². The molecule has 0 amide bonds. The third-order valence-electron chi connectivity index (χ3n) is 1.78. The lowest BCUT2D eigenvalue weighted by Gasteiger charge is -1.93. The summed E-state index contributed by atoms with van der Waals surface area (Å²) in [5.41, 5.74) is 2.16. The van der Waals surface area contributed by atoms with Gasteiger partial charge in [0.15, 0.2) is 0 Å². The van der Waals surface area contributed by atoms with Gasteiger partial charge in [-0.1, -0.05) is 38.7 Å². The highest BCUT2D eigenvalue weighted by atomic mass is 14.7. The van der Waals surface area contributed by atoms with Gasteiger partial charge in [0, 0.05) is 0 Å². The Kier molecular flexibility index (Phi) is 9.85. The molecule has 0 radical (unpaired) electrons. The van der Waals surface area contributed by atoms with Crippen molar-refractivity contribution in [3.05, 3.63) is 48.2 Å². The molecule has 84 valence electrons. The molecule has 0 saturated heterocycles. The van der Waals surface area contributed by atoms with Gasteiger partial charge >= 0.3 is 0 Å². The van der Waals surface area contributed by atoms with Crippen LogP contribution in [0.4, 0.5) is 0 Å². The van der Waals surface area contributed by atoms with Gasteiger partial charge in [-0.25, -0.2) is 0 Å². The van der Waals surface area contributed by atoms with Gasteiger partial charge in [0.1, 0.15) is 0 Å². The maximum Gasteiger partial charge on any atom is 0.0648 e. The molecular weight excluding hydrogens is 182 g/mol. The minimum atomic E-state index is 0. The van der Waals surface area contributed by atoms with Crippen molar-refractivity contribution in [2.75, 3.05) is 0 Å². The lowest BCUT2D eigenvalue weighted by atomic mass is 10.1. The molecule has 0 N–H and O–H groups in total. The molecule has 1 heteroatoms. The van der Waals surface area contributed by atoms with Gasteiger partial charge in [-0.3, -0.25) is 4.99 Å². The molecule has 15 heavy (non-hydrogen) atoms. The smallest absolute Gasteiger partial charge is 0.0648 e. The first-order valence-corrected chi connectivity index (χ1v) is 4.76. The van der Waals surface area contributed by atoms with Crippen LogP contribution in [-0.4, -0.2) is 6.72 Å². The lowest BCUT2D eigenvalue weighted by molar-refractivity contribution is 0.941. The van der Waals surface area contributed by atoms with Crippen molar-refractivity contribution in [1.29, 1.82) is 0 Å². The normalized spacial score (nSPS) is 18.2. The Morgan fingerprint density at radius 1 is 1.33 bits per heavy atom. The maximum atomic E-state index is 3.91. The van der Waals surface area contributed by atoms with E-state index < -0.39 is 0 Å². The van der Waals surface area contributed by atoms with Crippen molar-refractivity contribution in [1.82, 2.24) is 0 Å². The molecule has 1 aliphatic carbocycles. The standard InChI is InChI=1S/C10H13N.C3H6.CH4/c1-8-4-6-9(2)10(11-3)7-5-8;1-3-2;/h4-8H,3H2,1-2H3;3H,1H2,2H3;1H4. The van der Waals surface area contributed by atoms with Crippen LogP contribution in [0.2, 0.25) is 0 Å². The first-order chi connectivity index (χ1) is 6.65. The highest BCUT2D eigenvalue weighted by Crippen LogP contribution is 2.15. The Bertz CT molecular complexity index is 280. The maximum absolute atomic E-state index is 3.91. The molecule has 1 rings (SSSR count). The van der Waals surface area contributed by atoms with Crippen molar-refractivity contribution >= 4 is 6.72 Å². The van der Waals surface area contributed by atoms with Crippen molar-refractivity contribution in [3.8, 4) is 0 Å². The van der Waals surface area contributed by atoms with Gasteiger partial charge in [0.05, 0.1) is 5.70 Å². The van der Waals surface area contributed by atoms with Crippen LogP contribution < -0.4 is 0 Å². The zero-order valence-electron chi connectivity index (χ0n) is 9.33. The molecule has 0 aromatic heterocycles. The highest BCUT2D eigenvalue weighted by molar-refractivity contribution is 5.40. The average Bonchev–Trinajstić information content (AvgIpc) is 2.31. The summed E-state index contributed by atoms with van der Waals surface area (Å²) in [6.07, 6.45) is 10.1. The number of allylic oxidation sites excluding steroid dienone is 6. The van der Waals surface area contributed by atoms with Gasteiger partial charge in [0.2, 0.25) is 0 Å². The van der Waals surface area contributed by atoms with Crippen molar-refractivity contribution in [3.63, 3.8) is 0 Å². The highest BCUT2D eigenvalue weighted by Gasteiger charge is 1.99. The van der Waals surface area contributed by atoms with Crippen LogP contribution in [0.15, 0.2) is 53.2 Å². The first-order valence-electron chi connectivity index (χ1n) is 4.76. The van der Waals surface area contributed by atoms with E-state index in [4.69, 9.17) is 0 Å². The molecule has 0 aliphatic heterocycles. The Labute approximate surface area is 94.6 Å². The Balaban J connectivity index is 0. The third-order valence-corrected chi connectivity index (χ3v) is 1.78. The van der Waals surface area contributed by atoms with E-state index in [9.17, 15) is 0 Å². The van der Waals surface area contributed by atoms with E-state index >= 15 is 0 Å². The molecular formula is C14H23N. The van der Waals surface area contributed by atoms with E-state index in [1.54, 1.807) is 6.08 Å². The molecule has 1 nitrogen and oxygen atoms in total. The molecule has 0 aromatic carbocycles. The molecule has 1 unspecified atom stereocenters. The summed E-state index contributed by atoms with van der Waals surface area (Å²) in [6.45, 7) is 12.9. The number of nitrogens with zero attached hydrogens (tertiary/aromatic N) is 1. The minimum absolute atomic E-state index is 0. The molecule has 0 spiro atoms. The fraction of sp³-hybridized carbons (Fsp3) is 0.357. The number of aliphatic imine (C=N–C) groups is 1. The summed E-state index contributed by atoms with van der Waals surface area (Å²) in [5, 5.41) is 0. The van der Waals surface area contributed by atoms with E-state index in [2.05, 4.69) is 43.4 Å². The van der Waals surface area contributed by atoms with E-state index in [-0.39, 0.29) is 7.43 Å². The first kappa shape index (κ1) is 16.1. The van der Waals surface area contributed by atoms with E-state index in [1.165, 1.54) is 5.57 Å². The van der Waals surface area contributed by atoms with Crippen LogP contribution in [0.25, 0.3) is 0 Å². The van der Waals surface area contributed by atoms with Gasteiger partial charge in [-0.05, 0) is 38.1 Å². The third kappa shape index (κ3) is 6.67. The summed E-state index contributed by atoms with van der Waals surface area (Å²) in [7, 11) is 0. The lowest BCUT2D eigenvalue weighted by Crippen LogP contribution is -1.78. The summed E-state index contributed by atoms with van der Waals surface area (Å²) >= 11 is 0. The van der Waals surface area contributed by atoms with Gasteiger partial charge < -0.3 is 0 Å². The van der Waals surface area contributed by atoms with Crippen LogP contribution in [0, 0.1) is 5.92 Å². The van der Waals surface area contributed by atoms with E-state index in [1.807, 2.05) is 19.9 Å². The SMILES string of the molecule is C.C=CC.C=NC1=C(C)C=CC(C)C=C1. The number of rotatable bonds is 1. The second-order valence-electron chi connectivity index (χ2n) is 3.21. The van der Waals surface area contributed by atoms with E-state index in [0.29, 0.717) is 5.92 Å². The predicted molar refractivity (Wildman–Crippen MR) is 72.3 cm³/mol. The number of hydrogen-bond donors (Lipinski definition) is 0. The van der Waals surface area contributed by atoms with Crippen molar-refractivity contribution in [2.24, 2.45) is 10.9 Å². The van der Waals surface area contributed by atoms with Gasteiger partial charge in [-0.2, -0.15) is 0 Å². The minimum Gasteiger partial charge on any atom is -0.264 e. The molecule has 0 heterocycles. The van der Waals surface area contributed by atoms with E-state index in [0.717, 1.165) is 5.70 Å².